The van der Waals surface area contributed by atoms with Crippen LogP contribution in [-0.4, -0.2) is 55.7 Å². The van der Waals surface area contributed by atoms with Gasteiger partial charge in [-0.1, -0.05) is 46.3 Å². The van der Waals surface area contributed by atoms with Gasteiger partial charge in [-0.3, -0.25) is 4.79 Å². The molecule has 0 unspecified atom stereocenters. The van der Waals surface area contributed by atoms with Gasteiger partial charge in [0.25, 0.3) is 5.91 Å². The minimum absolute atomic E-state index is 0.195. The molecule has 0 aliphatic carbocycles. The number of ether oxygens (including phenoxy) is 2. The molecule has 0 radical (unpaired) electrons. The molecule has 1 aliphatic heterocycles. The number of aliphatic hydroxyl groups excluding tert-OH is 2. The second kappa shape index (κ2) is 10.4. The summed E-state index contributed by atoms with van der Waals surface area (Å²) in [7, 11) is 0. The van der Waals surface area contributed by atoms with E-state index in [1.165, 1.54) is 11.0 Å². The summed E-state index contributed by atoms with van der Waals surface area (Å²) in [5, 5.41) is 27.9. The Kier molecular flexibility index (Phi) is 7.36. The van der Waals surface area contributed by atoms with Crippen LogP contribution < -0.4 is 15.8 Å². The number of nitrogens with zero attached hydrogens (tertiary/aromatic N) is 3. The van der Waals surface area contributed by atoms with Gasteiger partial charge in [0.2, 0.25) is 5.82 Å². The molecule has 1 aliphatic rings. The molecule has 0 saturated carbocycles. The molecule has 33 heavy (non-hydrogen) atoms. The number of hydrogen-bond donors (Lipinski definition) is 4. The number of amides is 1. The molecule has 4 rings (SSSR count). The number of primary amides is 1. The largest absolute Gasteiger partial charge is 0.489 e. The first-order valence-corrected chi connectivity index (χ1v) is 11.1. The van der Waals surface area contributed by atoms with Crippen molar-refractivity contribution in [3.63, 3.8) is 0 Å². The van der Waals surface area contributed by atoms with Gasteiger partial charge in [0, 0.05) is 23.1 Å². The van der Waals surface area contributed by atoms with E-state index in [0.717, 1.165) is 21.3 Å². The van der Waals surface area contributed by atoms with Crippen molar-refractivity contribution >= 4 is 21.8 Å². The third-order valence-corrected chi connectivity index (χ3v) is 5.74. The van der Waals surface area contributed by atoms with Gasteiger partial charge in [-0.05, 0) is 23.8 Å². The third-order valence-electron chi connectivity index (χ3n) is 5.25. The zero-order valence-electron chi connectivity index (χ0n) is 17.5. The summed E-state index contributed by atoms with van der Waals surface area (Å²) in [6, 6.07) is 15.6. The maximum Gasteiger partial charge on any atom is 0.288 e. The van der Waals surface area contributed by atoms with Gasteiger partial charge in [-0.25, -0.2) is 9.67 Å². The Hall–Kier alpha value is -2.83. The molecule has 2 aromatic carbocycles. The van der Waals surface area contributed by atoms with Gasteiger partial charge < -0.3 is 30.7 Å². The Morgan fingerprint density at radius 1 is 1.21 bits per heavy atom. The molecule has 3 aromatic rings. The van der Waals surface area contributed by atoms with Crippen LogP contribution in [0.1, 0.15) is 28.0 Å². The molecule has 1 aromatic heterocycles. The van der Waals surface area contributed by atoms with E-state index in [1.807, 2.05) is 48.5 Å². The Labute approximate surface area is 198 Å². The maximum atomic E-state index is 11.2. The summed E-state index contributed by atoms with van der Waals surface area (Å²) in [6.45, 7) is 1.15. The van der Waals surface area contributed by atoms with Gasteiger partial charge in [-0.2, -0.15) is 0 Å². The Balaban J connectivity index is 1.35. The van der Waals surface area contributed by atoms with Crippen molar-refractivity contribution in [3.05, 3.63) is 76.3 Å². The fourth-order valence-corrected chi connectivity index (χ4v) is 3.95. The summed E-state index contributed by atoms with van der Waals surface area (Å²) in [5.41, 5.74) is 7.15. The number of aliphatic hydroxyl groups is 2. The van der Waals surface area contributed by atoms with E-state index in [4.69, 9.17) is 15.2 Å². The smallest absolute Gasteiger partial charge is 0.288 e. The summed E-state index contributed by atoms with van der Waals surface area (Å²) < 4.78 is 13.9. The lowest BCUT2D eigenvalue weighted by Gasteiger charge is -2.17. The minimum Gasteiger partial charge on any atom is -0.489 e. The number of rotatable bonds is 9. The van der Waals surface area contributed by atoms with Gasteiger partial charge >= 0.3 is 0 Å². The van der Waals surface area contributed by atoms with Crippen LogP contribution in [-0.2, 0) is 17.9 Å². The number of carbonyl (C=O) groups is 1. The van der Waals surface area contributed by atoms with Gasteiger partial charge in [0.05, 0.1) is 0 Å². The highest BCUT2D eigenvalue weighted by Gasteiger charge is 2.44. The monoisotopic (exact) mass is 517 g/mol. The molecule has 10 nitrogen and oxygen atoms in total. The van der Waals surface area contributed by atoms with Crippen LogP contribution in [0.3, 0.4) is 0 Å². The van der Waals surface area contributed by atoms with Crippen molar-refractivity contribution in [1.29, 1.82) is 0 Å². The molecule has 11 heteroatoms. The fraction of sp³-hybridized carbons (Fsp3) is 0.318. The Bertz CT molecular complexity index is 1100. The average molecular weight is 518 g/mol. The fourth-order valence-electron chi connectivity index (χ4n) is 3.54. The van der Waals surface area contributed by atoms with Crippen LogP contribution in [0.2, 0.25) is 0 Å². The summed E-state index contributed by atoms with van der Waals surface area (Å²) in [5.74, 6) is -0.249. The zero-order chi connectivity index (χ0) is 23.4. The van der Waals surface area contributed by atoms with Crippen molar-refractivity contribution in [2.45, 2.75) is 37.7 Å². The van der Waals surface area contributed by atoms with Crippen LogP contribution in [0.5, 0.6) is 5.75 Å². The Morgan fingerprint density at radius 2 is 2.00 bits per heavy atom. The highest BCUT2D eigenvalue weighted by Crippen LogP contribution is 2.29. The maximum absolute atomic E-state index is 11.2. The molecule has 2 heterocycles. The van der Waals surface area contributed by atoms with Gasteiger partial charge in [-0.15, -0.1) is 5.10 Å². The lowest BCUT2D eigenvalue weighted by Crippen LogP contribution is -2.37. The van der Waals surface area contributed by atoms with E-state index < -0.39 is 30.4 Å². The minimum atomic E-state index is -1.24. The molecule has 4 atom stereocenters. The normalized spacial score (nSPS) is 22.4. The highest BCUT2D eigenvalue weighted by molar-refractivity contribution is 9.10. The van der Waals surface area contributed by atoms with Crippen molar-refractivity contribution in [3.8, 4) is 5.75 Å². The number of hydrogen-bond acceptors (Lipinski definition) is 8. The zero-order valence-corrected chi connectivity index (χ0v) is 19.1. The van der Waals surface area contributed by atoms with Crippen molar-refractivity contribution in [2.75, 3.05) is 6.54 Å². The van der Waals surface area contributed by atoms with E-state index in [2.05, 4.69) is 31.3 Å². The third kappa shape index (κ3) is 5.57. The second-order valence-corrected chi connectivity index (χ2v) is 8.53. The van der Waals surface area contributed by atoms with Crippen molar-refractivity contribution < 1.29 is 24.5 Å². The van der Waals surface area contributed by atoms with E-state index in [9.17, 15) is 15.0 Å². The van der Waals surface area contributed by atoms with E-state index in [-0.39, 0.29) is 12.4 Å². The number of halogens is 1. The topological polar surface area (TPSA) is 145 Å². The van der Waals surface area contributed by atoms with E-state index in [0.29, 0.717) is 13.2 Å². The quantitative estimate of drug-likeness (QED) is 0.330. The van der Waals surface area contributed by atoms with E-state index in [1.54, 1.807) is 0 Å². The van der Waals surface area contributed by atoms with Crippen LogP contribution in [0, 0.1) is 0 Å². The van der Waals surface area contributed by atoms with Crippen LogP contribution >= 0.6 is 15.9 Å². The number of aromatic nitrogens is 3. The molecule has 1 amide bonds. The predicted octanol–water partition coefficient (Wildman–Crippen LogP) is 1.13. The van der Waals surface area contributed by atoms with Crippen molar-refractivity contribution in [2.24, 2.45) is 5.73 Å². The summed E-state index contributed by atoms with van der Waals surface area (Å²) in [4.78, 5) is 15.0. The van der Waals surface area contributed by atoms with Crippen LogP contribution in [0.4, 0.5) is 0 Å². The highest BCUT2D eigenvalue weighted by atomic mass is 79.9. The second-order valence-electron chi connectivity index (χ2n) is 7.62. The SMILES string of the molecule is NC(=O)c1ncn([C@@H]2O[C@H](CNCc3cc(Br)ccc3OCc3ccccc3)[C@@H](O)[C@H]2O)n1. The summed E-state index contributed by atoms with van der Waals surface area (Å²) in [6.07, 6.45) is -2.85. The predicted molar refractivity (Wildman–Crippen MR) is 121 cm³/mol. The molecule has 0 bridgehead atoms. The van der Waals surface area contributed by atoms with Gasteiger partial charge in [0.15, 0.2) is 6.23 Å². The molecular weight excluding hydrogens is 494 g/mol. The molecule has 5 N–H and O–H groups in total. The molecular formula is C22H24BrN5O5. The first kappa shape index (κ1) is 23.3. The first-order chi connectivity index (χ1) is 15.9. The molecule has 1 fully saturated rings. The molecule has 174 valence electrons. The van der Waals surface area contributed by atoms with Crippen LogP contribution in [0.25, 0.3) is 0 Å². The first-order valence-electron chi connectivity index (χ1n) is 10.3. The van der Waals surface area contributed by atoms with Gasteiger partial charge in [0.1, 0.15) is 37.0 Å². The summed E-state index contributed by atoms with van der Waals surface area (Å²) >= 11 is 3.48. The standard InChI is InChI=1S/C22H24BrN5O5/c23-15-6-7-16(32-11-13-4-2-1-3-5-13)14(8-15)9-25-10-17-18(29)19(30)22(33-17)28-12-26-21(27-28)20(24)31/h1-8,12,17-19,22,25,29-30H,9-11H2,(H2,24,31)/t17-,18-,19-,22-/m1/s1. The molecule has 1 saturated heterocycles. The number of nitrogens with two attached hydrogens (primary N) is 1. The number of benzene rings is 2. The number of carbonyl (C=O) groups excluding carboxylic acids is 1. The van der Waals surface area contributed by atoms with E-state index >= 15 is 0 Å². The molecule has 0 spiro atoms. The number of nitrogens with one attached hydrogen (secondary N) is 1. The average Bonchev–Trinajstić information content (AvgIpc) is 3.40. The Morgan fingerprint density at radius 3 is 2.73 bits per heavy atom. The lowest BCUT2D eigenvalue weighted by atomic mass is 10.1. The van der Waals surface area contributed by atoms with Crippen LogP contribution in [0.15, 0.2) is 59.3 Å². The lowest BCUT2D eigenvalue weighted by molar-refractivity contribution is -0.0439. The van der Waals surface area contributed by atoms with Crippen molar-refractivity contribution in [1.82, 2.24) is 20.1 Å².